The first-order valence-electron chi connectivity index (χ1n) is 3.25. The van der Waals surface area contributed by atoms with E-state index in [1.165, 1.54) is 0 Å². The average molecular weight is 207 g/mol. The van der Waals surface area contributed by atoms with Crippen LogP contribution in [0.5, 0.6) is 0 Å². The Labute approximate surface area is 69.4 Å². The molecule has 0 heterocycles. The Morgan fingerprint density at radius 3 is 2.60 bits per heavy atom. The molecule has 0 amide bonds. The minimum Gasteiger partial charge on any atom is -0.462 e. The Balaban J connectivity index is 3.82. The average Bonchev–Trinajstić information content (AvgIpc) is 1.89. The molecule has 3 heteroatoms. The Kier molecular flexibility index (Phi) is 5.30. The summed E-state index contributed by atoms with van der Waals surface area (Å²) in [7, 11) is 0. The maximum atomic E-state index is 10.8. The zero-order valence-corrected chi connectivity index (χ0v) is 7.77. The summed E-state index contributed by atoms with van der Waals surface area (Å²) in [6.45, 7) is 4.16. The van der Waals surface area contributed by atoms with E-state index in [0.29, 0.717) is 11.1 Å². The number of hydrogen-bond donors (Lipinski definition) is 0. The summed E-state index contributed by atoms with van der Waals surface area (Å²) in [4.78, 5) is 10.8. The highest BCUT2D eigenvalue weighted by Crippen LogP contribution is 2.07. The molecule has 2 nitrogen and oxygen atoms in total. The van der Waals surface area contributed by atoms with E-state index in [2.05, 4.69) is 15.9 Å². The van der Waals surface area contributed by atoms with Gasteiger partial charge in [-0.15, -0.1) is 0 Å². The summed E-state index contributed by atoms with van der Waals surface area (Å²) in [6.07, 6.45) is 2.61. The van der Waals surface area contributed by atoms with Crippen LogP contribution < -0.4 is 0 Å². The normalized spacial score (nSPS) is 11.3. The van der Waals surface area contributed by atoms with E-state index in [-0.39, 0.29) is 5.97 Å². The third-order valence-electron chi connectivity index (χ3n) is 0.854. The summed E-state index contributed by atoms with van der Waals surface area (Å²) < 4.78 is 5.21. The van der Waals surface area contributed by atoms with E-state index in [4.69, 9.17) is 4.74 Å². The first kappa shape index (κ1) is 9.69. The lowest BCUT2D eigenvalue weighted by Gasteiger charge is -1.97. The molecule has 0 saturated carbocycles. The molecule has 0 aromatic rings. The van der Waals surface area contributed by atoms with Crippen LogP contribution >= 0.6 is 15.9 Å². The SMILES string of the molecule is CCC=C(Br)C(=O)OCC. The van der Waals surface area contributed by atoms with E-state index < -0.39 is 0 Å². The van der Waals surface area contributed by atoms with Crippen molar-refractivity contribution in [2.45, 2.75) is 20.3 Å². The highest BCUT2D eigenvalue weighted by Gasteiger charge is 2.03. The van der Waals surface area contributed by atoms with Gasteiger partial charge in [0.1, 0.15) is 0 Å². The monoisotopic (exact) mass is 206 g/mol. The summed E-state index contributed by atoms with van der Waals surface area (Å²) >= 11 is 3.09. The quantitative estimate of drug-likeness (QED) is 0.524. The Hall–Kier alpha value is -0.310. The van der Waals surface area contributed by atoms with Crippen molar-refractivity contribution in [1.29, 1.82) is 0 Å². The number of allylic oxidation sites excluding steroid dienone is 1. The fraction of sp³-hybridized carbons (Fsp3) is 0.571. The number of halogens is 1. The minimum atomic E-state index is -0.288. The van der Waals surface area contributed by atoms with Gasteiger partial charge in [0.25, 0.3) is 0 Å². The van der Waals surface area contributed by atoms with Crippen LogP contribution in [0.2, 0.25) is 0 Å². The van der Waals surface area contributed by atoms with E-state index in [0.717, 1.165) is 6.42 Å². The standard InChI is InChI=1S/C7H11BrO2/c1-3-5-6(8)7(9)10-4-2/h5H,3-4H2,1-2H3. The molecule has 0 rings (SSSR count). The number of carbonyl (C=O) groups is 1. The number of hydrogen-bond acceptors (Lipinski definition) is 2. The van der Waals surface area contributed by atoms with Crippen molar-refractivity contribution >= 4 is 21.9 Å². The number of ether oxygens (including phenoxy) is 1. The second-order valence-corrected chi connectivity index (χ2v) is 2.54. The molecule has 0 radical (unpaired) electrons. The van der Waals surface area contributed by atoms with Crippen LogP contribution in [-0.4, -0.2) is 12.6 Å². The van der Waals surface area contributed by atoms with E-state index >= 15 is 0 Å². The Morgan fingerprint density at radius 2 is 2.20 bits per heavy atom. The summed E-state index contributed by atoms with van der Waals surface area (Å²) in [5.41, 5.74) is 0. The number of carbonyl (C=O) groups excluding carboxylic acids is 1. The fourth-order valence-electron chi connectivity index (χ4n) is 0.463. The molecule has 58 valence electrons. The molecule has 10 heavy (non-hydrogen) atoms. The summed E-state index contributed by atoms with van der Waals surface area (Å²) in [5.74, 6) is -0.288. The summed E-state index contributed by atoms with van der Waals surface area (Å²) in [5, 5.41) is 0. The van der Waals surface area contributed by atoms with Gasteiger partial charge in [0.15, 0.2) is 0 Å². The van der Waals surface area contributed by atoms with E-state index in [1.807, 2.05) is 6.92 Å². The molecule has 0 aliphatic heterocycles. The van der Waals surface area contributed by atoms with Crippen molar-refractivity contribution in [2.75, 3.05) is 6.61 Å². The van der Waals surface area contributed by atoms with Crippen LogP contribution in [0.1, 0.15) is 20.3 Å². The van der Waals surface area contributed by atoms with Gasteiger partial charge in [0.2, 0.25) is 0 Å². The third kappa shape index (κ3) is 3.67. The largest absolute Gasteiger partial charge is 0.462 e. The maximum Gasteiger partial charge on any atom is 0.344 e. The van der Waals surface area contributed by atoms with Crippen molar-refractivity contribution in [3.05, 3.63) is 10.6 Å². The molecule has 0 aromatic heterocycles. The van der Waals surface area contributed by atoms with E-state index in [9.17, 15) is 4.79 Å². The first-order chi connectivity index (χ1) is 4.72. The van der Waals surface area contributed by atoms with Gasteiger partial charge in [0, 0.05) is 0 Å². The van der Waals surface area contributed by atoms with Crippen LogP contribution in [0.15, 0.2) is 10.6 Å². The zero-order chi connectivity index (χ0) is 7.98. The lowest BCUT2D eigenvalue weighted by atomic mass is 10.4. The van der Waals surface area contributed by atoms with Crippen molar-refractivity contribution in [2.24, 2.45) is 0 Å². The maximum absolute atomic E-state index is 10.8. The minimum absolute atomic E-state index is 0.288. The molecule has 0 unspecified atom stereocenters. The van der Waals surface area contributed by atoms with Crippen LogP contribution in [0, 0.1) is 0 Å². The third-order valence-corrected chi connectivity index (χ3v) is 1.50. The molecule has 0 saturated heterocycles. The van der Waals surface area contributed by atoms with Gasteiger partial charge in [-0.3, -0.25) is 0 Å². The second-order valence-electron chi connectivity index (χ2n) is 1.68. The molecule has 0 bridgehead atoms. The molecule has 0 spiro atoms. The van der Waals surface area contributed by atoms with Crippen molar-refractivity contribution in [1.82, 2.24) is 0 Å². The zero-order valence-electron chi connectivity index (χ0n) is 6.19. The molecule has 0 aromatic carbocycles. The van der Waals surface area contributed by atoms with Crippen LogP contribution in [-0.2, 0) is 9.53 Å². The highest BCUT2D eigenvalue weighted by atomic mass is 79.9. The lowest BCUT2D eigenvalue weighted by molar-refractivity contribution is -0.137. The Morgan fingerprint density at radius 1 is 1.60 bits per heavy atom. The Bertz CT molecular complexity index is 141. The fourth-order valence-corrected chi connectivity index (χ4v) is 0.901. The van der Waals surface area contributed by atoms with Crippen LogP contribution in [0.4, 0.5) is 0 Å². The lowest BCUT2D eigenvalue weighted by Crippen LogP contribution is -2.02. The number of esters is 1. The van der Waals surface area contributed by atoms with Gasteiger partial charge in [0.05, 0.1) is 11.1 Å². The van der Waals surface area contributed by atoms with Gasteiger partial charge >= 0.3 is 5.97 Å². The predicted octanol–water partition coefficient (Wildman–Crippen LogP) is 2.24. The first-order valence-corrected chi connectivity index (χ1v) is 4.04. The summed E-state index contributed by atoms with van der Waals surface area (Å²) in [6, 6.07) is 0. The van der Waals surface area contributed by atoms with E-state index in [1.54, 1.807) is 13.0 Å². The number of rotatable bonds is 3. The molecular weight excluding hydrogens is 196 g/mol. The van der Waals surface area contributed by atoms with Crippen LogP contribution in [0.25, 0.3) is 0 Å². The molecule has 0 atom stereocenters. The molecular formula is C7H11BrO2. The van der Waals surface area contributed by atoms with Gasteiger partial charge in [-0.1, -0.05) is 13.0 Å². The van der Waals surface area contributed by atoms with Crippen molar-refractivity contribution in [3.8, 4) is 0 Å². The van der Waals surface area contributed by atoms with Crippen LogP contribution in [0.3, 0.4) is 0 Å². The van der Waals surface area contributed by atoms with Crippen molar-refractivity contribution in [3.63, 3.8) is 0 Å². The molecule has 0 aliphatic carbocycles. The second kappa shape index (κ2) is 5.47. The highest BCUT2D eigenvalue weighted by molar-refractivity contribution is 9.12. The van der Waals surface area contributed by atoms with Gasteiger partial charge in [-0.2, -0.15) is 0 Å². The molecule has 0 aliphatic rings. The predicted molar refractivity (Wildman–Crippen MR) is 43.9 cm³/mol. The van der Waals surface area contributed by atoms with Gasteiger partial charge < -0.3 is 4.74 Å². The van der Waals surface area contributed by atoms with Crippen molar-refractivity contribution < 1.29 is 9.53 Å². The molecule has 0 N–H and O–H groups in total. The van der Waals surface area contributed by atoms with Gasteiger partial charge in [-0.25, -0.2) is 4.79 Å². The van der Waals surface area contributed by atoms with Gasteiger partial charge in [-0.05, 0) is 29.3 Å². The molecule has 0 fully saturated rings. The smallest absolute Gasteiger partial charge is 0.344 e. The topological polar surface area (TPSA) is 26.3 Å².